The highest BCUT2D eigenvalue weighted by Gasteiger charge is 2.47. The summed E-state index contributed by atoms with van der Waals surface area (Å²) in [7, 11) is 0. The monoisotopic (exact) mass is 396 g/mol. The largest absolute Gasteiger partial charge is 0.347 e. The summed E-state index contributed by atoms with van der Waals surface area (Å²) in [6.07, 6.45) is 4.31. The Morgan fingerprint density at radius 2 is 1.79 bits per heavy atom. The minimum atomic E-state index is -0.180. The van der Waals surface area contributed by atoms with E-state index in [2.05, 4.69) is 15.5 Å². The Morgan fingerprint density at radius 3 is 2.48 bits per heavy atom. The number of imide groups is 1. The van der Waals surface area contributed by atoms with E-state index in [-0.39, 0.29) is 42.5 Å². The summed E-state index contributed by atoms with van der Waals surface area (Å²) in [4.78, 5) is 42.6. The summed E-state index contributed by atoms with van der Waals surface area (Å²) in [5, 5.41) is 6.65. The van der Waals surface area contributed by atoms with Crippen molar-refractivity contribution in [2.45, 2.75) is 45.1 Å². The zero-order chi connectivity index (χ0) is 20.2. The summed E-state index contributed by atoms with van der Waals surface area (Å²) in [6.45, 7) is 0.446. The maximum atomic E-state index is 12.4. The molecule has 1 saturated heterocycles. The molecule has 1 aromatic carbocycles. The Labute approximate surface area is 168 Å². The molecule has 2 aromatic rings. The van der Waals surface area contributed by atoms with Crippen molar-refractivity contribution in [3.63, 3.8) is 0 Å². The molecule has 152 valence electrons. The van der Waals surface area contributed by atoms with E-state index < -0.39 is 0 Å². The number of rotatable bonds is 7. The highest BCUT2D eigenvalue weighted by Crippen LogP contribution is 2.38. The summed E-state index contributed by atoms with van der Waals surface area (Å²) in [5.74, 6) is 0.233. The number of carbonyl (C=O) groups excluding carboxylic acids is 3. The van der Waals surface area contributed by atoms with Crippen LogP contribution in [0.15, 0.2) is 34.9 Å². The minimum absolute atomic E-state index is 0.0561. The summed E-state index contributed by atoms with van der Waals surface area (Å²) < 4.78 is 5.16. The van der Waals surface area contributed by atoms with Gasteiger partial charge in [-0.05, 0) is 19.3 Å². The van der Waals surface area contributed by atoms with Gasteiger partial charge in [0.05, 0.1) is 18.4 Å². The molecule has 2 atom stereocenters. The number of benzene rings is 1. The molecular formula is C21H24N4O4. The van der Waals surface area contributed by atoms with Gasteiger partial charge in [0.15, 0.2) is 0 Å². The second-order valence-electron chi connectivity index (χ2n) is 7.58. The topological polar surface area (TPSA) is 105 Å². The van der Waals surface area contributed by atoms with Gasteiger partial charge in [-0.25, -0.2) is 0 Å². The van der Waals surface area contributed by atoms with E-state index in [1.165, 1.54) is 4.90 Å². The first kappa shape index (κ1) is 19.3. The van der Waals surface area contributed by atoms with Crippen LogP contribution in [0.25, 0.3) is 11.4 Å². The molecule has 1 aliphatic heterocycles. The van der Waals surface area contributed by atoms with Crippen molar-refractivity contribution in [3.8, 4) is 11.4 Å². The van der Waals surface area contributed by atoms with Gasteiger partial charge >= 0.3 is 0 Å². The third-order valence-corrected chi connectivity index (χ3v) is 5.65. The maximum absolute atomic E-state index is 12.4. The molecule has 1 saturated carbocycles. The second-order valence-corrected chi connectivity index (χ2v) is 7.58. The van der Waals surface area contributed by atoms with Crippen LogP contribution >= 0.6 is 0 Å². The van der Waals surface area contributed by atoms with E-state index in [1.54, 1.807) is 0 Å². The predicted molar refractivity (Wildman–Crippen MR) is 103 cm³/mol. The molecule has 2 fully saturated rings. The highest BCUT2D eigenvalue weighted by molar-refractivity contribution is 6.05. The fourth-order valence-electron chi connectivity index (χ4n) is 4.14. The van der Waals surface area contributed by atoms with Crippen LogP contribution < -0.4 is 5.32 Å². The number of carbonyl (C=O) groups is 3. The number of fused-ring (bicyclic) bond motifs is 1. The first-order valence-electron chi connectivity index (χ1n) is 10.1. The van der Waals surface area contributed by atoms with Crippen molar-refractivity contribution in [2.24, 2.45) is 11.8 Å². The zero-order valence-corrected chi connectivity index (χ0v) is 16.2. The predicted octanol–water partition coefficient (Wildman–Crippen LogP) is 2.31. The van der Waals surface area contributed by atoms with Crippen LogP contribution in [0, 0.1) is 11.8 Å². The number of nitrogens with one attached hydrogen (secondary N) is 1. The number of hydrogen-bond acceptors (Lipinski definition) is 6. The molecule has 1 N–H and O–H groups in total. The van der Waals surface area contributed by atoms with Crippen molar-refractivity contribution < 1.29 is 18.9 Å². The number of likely N-dealkylation sites (tertiary alicyclic amines) is 1. The third-order valence-electron chi connectivity index (χ3n) is 5.65. The molecule has 2 heterocycles. The molecule has 4 rings (SSSR count). The van der Waals surface area contributed by atoms with E-state index >= 15 is 0 Å². The lowest BCUT2D eigenvalue weighted by molar-refractivity contribution is -0.140. The van der Waals surface area contributed by atoms with Crippen LogP contribution in [0.1, 0.15) is 44.4 Å². The average Bonchev–Trinajstić information content (AvgIpc) is 3.32. The first-order valence-corrected chi connectivity index (χ1v) is 10.1. The van der Waals surface area contributed by atoms with Gasteiger partial charge in [0, 0.05) is 18.5 Å². The number of nitrogens with zero attached hydrogens (tertiary/aromatic N) is 3. The third kappa shape index (κ3) is 4.21. The summed E-state index contributed by atoms with van der Waals surface area (Å²) in [5.41, 5.74) is 0.842. The molecule has 0 bridgehead atoms. The Balaban J connectivity index is 1.21. The van der Waals surface area contributed by atoms with Crippen molar-refractivity contribution in [2.75, 3.05) is 6.54 Å². The fraction of sp³-hybridized carbons (Fsp3) is 0.476. The van der Waals surface area contributed by atoms with E-state index in [0.29, 0.717) is 24.7 Å². The van der Waals surface area contributed by atoms with E-state index in [4.69, 9.17) is 4.52 Å². The van der Waals surface area contributed by atoms with Gasteiger partial charge < -0.3 is 9.84 Å². The zero-order valence-electron chi connectivity index (χ0n) is 16.2. The van der Waals surface area contributed by atoms with Crippen molar-refractivity contribution in [1.29, 1.82) is 0 Å². The molecular weight excluding hydrogens is 372 g/mol. The van der Waals surface area contributed by atoms with Crippen LogP contribution in [0.4, 0.5) is 0 Å². The molecule has 0 radical (unpaired) electrons. The molecule has 0 spiro atoms. The summed E-state index contributed by atoms with van der Waals surface area (Å²) >= 11 is 0. The molecule has 1 aliphatic carbocycles. The highest BCUT2D eigenvalue weighted by atomic mass is 16.5. The number of hydrogen-bond donors (Lipinski definition) is 1. The Bertz CT molecular complexity index is 871. The van der Waals surface area contributed by atoms with Gasteiger partial charge in [-0.1, -0.05) is 48.3 Å². The van der Waals surface area contributed by atoms with Gasteiger partial charge in [-0.2, -0.15) is 4.98 Å². The van der Waals surface area contributed by atoms with E-state index in [0.717, 1.165) is 31.2 Å². The smallest absolute Gasteiger partial charge is 0.246 e. The standard InChI is InChI=1S/C21H24N4O4/c26-17(22-13-18-23-19(24-29-18)14-7-2-1-3-8-14)11-6-12-25-20(27)15-9-4-5-10-16(15)21(25)28/h1-3,7-8,15-16H,4-6,9-13H2,(H,22,26)/t15-,16-/m1/s1. The normalized spacial score (nSPS) is 21.3. The number of amides is 3. The molecule has 8 heteroatoms. The van der Waals surface area contributed by atoms with Crippen LogP contribution in [-0.4, -0.2) is 39.3 Å². The van der Waals surface area contributed by atoms with Crippen LogP contribution in [0.3, 0.4) is 0 Å². The minimum Gasteiger partial charge on any atom is -0.347 e. The number of aromatic nitrogens is 2. The molecule has 2 aliphatic rings. The van der Waals surface area contributed by atoms with Crippen molar-refractivity contribution in [1.82, 2.24) is 20.4 Å². The van der Waals surface area contributed by atoms with E-state index in [9.17, 15) is 14.4 Å². The Kier molecular flexibility index (Phi) is 5.69. The maximum Gasteiger partial charge on any atom is 0.246 e. The molecule has 29 heavy (non-hydrogen) atoms. The van der Waals surface area contributed by atoms with Crippen molar-refractivity contribution in [3.05, 3.63) is 36.2 Å². The fourth-order valence-corrected chi connectivity index (χ4v) is 4.14. The molecule has 1 aromatic heterocycles. The van der Waals surface area contributed by atoms with Gasteiger partial charge in [0.1, 0.15) is 0 Å². The average molecular weight is 396 g/mol. The van der Waals surface area contributed by atoms with Gasteiger partial charge in [-0.15, -0.1) is 0 Å². The molecule has 0 unspecified atom stereocenters. The Hall–Kier alpha value is -3.03. The summed E-state index contributed by atoms with van der Waals surface area (Å²) in [6, 6.07) is 9.44. The Morgan fingerprint density at radius 1 is 1.10 bits per heavy atom. The second kappa shape index (κ2) is 8.55. The quantitative estimate of drug-likeness (QED) is 0.720. The van der Waals surface area contributed by atoms with Crippen molar-refractivity contribution >= 4 is 17.7 Å². The van der Waals surface area contributed by atoms with Crippen LogP contribution in [0.5, 0.6) is 0 Å². The lowest BCUT2D eigenvalue weighted by atomic mass is 9.81. The molecule has 3 amide bonds. The molecule has 8 nitrogen and oxygen atoms in total. The lowest BCUT2D eigenvalue weighted by Gasteiger charge is -2.19. The van der Waals surface area contributed by atoms with Gasteiger partial charge in [0.2, 0.25) is 29.4 Å². The van der Waals surface area contributed by atoms with Crippen LogP contribution in [-0.2, 0) is 20.9 Å². The SMILES string of the molecule is O=C(CCCN1C(=O)[C@@H]2CCCC[C@H]2C1=O)NCc1nc(-c2ccccc2)no1. The van der Waals surface area contributed by atoms with Crippen LogP contribution in [0.2, 0.25) is 0 Å². The van der Waals surface area contributed by atoms with E-state index in [1.807, 2.05) is 30.3 Å². The first-order chi connectivity index (χ1) is 14.1. The van der Waals surface area contributed by atoms with Gasteiger partial charge in [-0.3, -0.25) is 19.3 Å². The van der Waals surface area contributed by atoms with Gasteiger partial charge in [0.25, 0.3) is 0 Å². The lowest BCUT2D eigenvalue weighted by Crippen LogP contribution is -2.33.